The number of carbonyl (C=O) groups is 1. The van der Waals surface area contributed by atoms with Gasteiger partial charge < -0.3 is 14.2 Å². The molecule has 1 aromatic heterocycles. The summed E-state index contributed by atoms with van der Waals surface area (Å²) in [4.78, 5) is 14.8. The van der Waals surface area contributed by atoms with Gasteiger partial charge in [-0.3, -0.25) is 4.79 Å². The fourth-order valence-corrected chi connectivity index (χ4v) is 4.80. The van der Waals surface area contributed by atoms with Gasteiger partial charge >= 0.3 is 0 Å². The highest BCUT2D eigenvalue weighted by atomic mass is 32.2. The van der Waals surface area contributed by atoms with Gasteiger partial charge in [-0.2, -0.15) is 0 Å². The van der Waals surface area contributed by atoms with Crippen molar-refractivity contribution in [2.24, 2.45) is 0 Å². The van der Waals surface area contributed by atoms with E-state index in [1.807, 2.05) is 83.3 Å². The van der Waals surface area contributed by atoms with Gasteiger partial charge in [0.15, 0.2) is 0 Å². The molecule has 1 saturated heterocycles. The summed E-state index contributed by atoms with van der Waals surface area (Å²) >= 11 is 0. The second-order valence-corrected chi connectivity index (χ2v) is 8.38. The highest BCUT2D eigenvalue weighted by Crippen LogP contribution is 2.24. The summed E-state index contributed by atoms with van der Waals surface area (Å²) in [5, 5.41) is 1.08. The van der Waals surface area contributed by atoms with Crippen molar-refractivity contribution in [2.45, 2.75) is 24.6 Å². The molecule has 0 radical (unpaired) electrons. The summed E-state index contributed by atoms with van der Waals surface area (Å²) in [6.07, 6.45) is 2.72. The van der Waals surface area contributed by atoms with Crippen LogP contribution in [0.5, 0.6) is 0 Å². The third-order valence-electron chi connectivity index (χ3n) is 5.16. The molecule has 2 heterocycles. The number of benzene rings is 2. The molecule has 3 unspecified atom stereocenters. The Labute approximate surface area is 161 Å². The summed E-state index contributed by atoms with van der Waals surface area (Å²) in [5.74, 6) is 0.0792. The van der Waals surface area contributed by atoms with Crippen LogP contribution in [0.1, 0.15) is 19.4 Å². The van der Waals surface area contributed by atoms with Crippen molar-refractivity contribution in [1.29, 1.82) is 0 Å². The lowest BCUT2D eigenvalue weighted by Crippen LogP contribution is -2.36. The number of hydrogen-bond donors (Lipinski definition) is 1. The molecule has 140 valence electrons. The van der Waals surface area contributed by atoms with Gasteiger partial charge in [-0.05, 0) is 43.0 Å². The number of aromatic nitrogens is 1. The zero-order valence-electron chi connectivity index (χ0n) is 15.2. The maximum Gasteiger partial charge on any atom is 0.245 e. The summed E-state index contributed by atoms with van der Waals surface area (Å²) in [5.41, 5.74) is 1.90. The molecule has 3 aromatic rings. The Balaban J connectivity index is 1.42. The number of hydrogen-bond acceptors (Lipinski definition) is 2. The van der Waals surface area contributed by atoms with Crippen LogP contribution >= 0.6 is 0 Å². The molecule has 2 aromatic carbocycles. The first kappa shape index (κ1) is 17.8. The number of fused-ring (bicyclic) bond motifs is 1. The maximum atomic E-state index is 13.0. The normalized spacial score (nSPS) is 19.1. The smallest absolute Gasteiger partial charge is 0.245 e. The fraction of sp³-hybridized carbons (Fsp3) is 0.286. The summed E-state index contributed by atoms with van der Waals surface area (Å²) < 4.78 is 17.7. The van der Waals surface area contributed by atoms with Crippen molar-refractivity contribution >= 4 is 33.5 Å². The van der Waals surface area contributed by atoms with Gasteiger partial charge in [-0.15, -0.1) is 0 Å². The molecule has 0 spiro atoms. The van der Waals surface area contributed by atoms with E-state index in [1.54, 1.807) is 0 Å². The molecule has 0 aliphatic carbocycles. The lowest BCUT2D eigenvalue weighted by molar-refractivity contribution is -0.133. The van der Waals surface area contributed by atoms with E-state index in [0.29, 0.717) is 13.1 Å². The van der Waals surface area contributed by atoms with Crippen LogP contribution in [0.2, 0.25) is 0 Å². The molecular weight excluding hydrogens is 358 g/mol. The van der Waals surface area contributed by atoms with Crippen LogP contribution in [0.25, 0.3) is 10.9 Å². The molecule has 1 aliphatic heterocycles. The van der Waals surface area contributed by atoms with E-state index in [1.165, 1.54) is 0 Å². The second-order valence-electron chi connectivity index (χ2n) is 6.92. The van der Waals surface area contributed by atoms with E-state index in [9.17, 15) is 9.00 Å². The predicted octanol–water partition coefficient (Wildman–Crippen LogP) is 3.58. The van der Waals surface area contributed by atoms with Crippen molar-refractivity contribution in [2.75, 3.05) is 17.8 Å². The van der Waals surface area contributed by atoms with E-state index in [4.69, 9.17) is 0 Å². The van der Waals surface area contributed by atoms with Crippen LogP contribution in [0, 0.1) is 0 Å². The van der Waals surface area contributed by atoms with Crippen molar-refractivity contribution < 1.29 is 9.00 Å². The number of nitrogens with zero attached hydrogens (tertiary/aromatic N) is 2. The first-order valence-corrected chi connectivity index (χ1v) is 10.4. The van der Waals surface area contributed by atoms with Gasteiger partial charge in [0.2, 0.25) is 5.91 Å². The first-order chi connectivity index (χ1) is 13.1. The largest absolute Gasteiger partial charge is 0.340 e. The van der Waals surface area contributed by atoms with Crippen LogP contribution in [-0.2, 0) is 15.8 Å². The van der Waals surface area contributed by atoms with Crippen molar-refractivity contribution in [3.8, 4) is 0 Å². The molecule has 3 atom stereocenters. The van der Waals surface area contributed by atoms with E-state index >= 15 is 0 Å². The Morgan fingerprint density at radius 1 is 1.11 bits per heavy atom. The second kappa shape index (κ2) is 7.56. The van der Waals surface area contributed by atoms with Crippen LogP contribution in [0.15, 0.2) is 66.9 Å². The molecule has 0 saturated carbocycles. The van der Waals surface area contributed by atoms with Crippen LogP contribution in [-0.4, -0.2) is 37.9 Å². The molecule has 1 N–H and O–H groups in total. The predicted molar refractivity (Wildman–Crippen MR) is 110 cm³/mol. The van der Waals surface area contributed by atoms with Crippen LogP contribution in [0.3, 0.4) is 0 Å². The SMILES string of the molecule is CC(C(=O)N1CCC(S(=O)Nc2ccccc2)C1)n1ccc2ccccc21. The third-order valence-corrected chi connectivity index (χ3v) is 6.58. The van der Waals surface area contributed by atoms with E-state index in [-0.39, 0.29) is 17.2 Å². The minimum Gasteiger partial charge on any atom is -0.340 e. The Hall–Kier alpha value is -2.60. The number of anilines is 1. The summed E-state index contributed by atoms with van der Waals surface area (Å²) in [6.45, 7) is 3.10. The molecule has 0 bridgehead atoms. The highest BCUT2D eigenvalue weighted by Gasteiger charge is 2.33. The van der Waals surface area contributed by atoms with Gasteiger partial charge in [0.25, 0.3) is 0 Å². The Morgan fingerprint density at radius 2 is 1.85 bits per heavy atom. The van der Waals surface area contributed by atoms with E-state index in [0.717, 1.165) is 23.0 Å². The lowest BCUT2D eigenvalue weighted by Gasteiger charge is -2.22. The molecule has 6 heteroatoms. The molecule has 5 nitrogen and oxygen atoms in total. The van der Waals surface area contributed by atoms with E-state index < -0.39 is 11.0 Å². The zero-order chi connectivity index (χ0) is 18.8. The van der Waals surface area contributed by atoms with Gasteiger partial charge in [0, 0.05) is 30.5 Å². The number of para-hydroxylation sites is 2. The fourth-order valence-electron chi connectivity index (χ4n) is 3.63. The number of likely N-dealkylation sites (tertiary alicyclic amines) is 1. The minimum absolute atomic E-state index is 0.0530. The van der Waals surface area contributed by atoms with Crippen LogP contribution in [0.4, 0.5) is 5.69 Å². The first-order valence-electron chi connectivity index (χ1n) is 9.20. The highest BCUT2D eigenvalue weighted by molar-refractivity contribution is 7.87. The van der Waals surface area contributed by atoms with Crippen molar-refractivity contribution in [3.05, 3.63) is 66.9 Å². The zero-order valence-corrected chi connectivity index (χ0v) is 16.1. The van der Waals surface area contributed by atoms with E-state index in [2.05, 4.69) is 4.72 Å². The van der Waals surface area contributed by atoms with Crippen molar-refractivity contribution in [3.63, 3.8) is 0 Å². The van der Waals surface area contributed by atoms with Gasteiger partial charge in [0.1, 0.15) is 17.0 Å². The standard InChI is InChI=1S/C21H23N3O2S/c1-16(24-14-11-17-7-5-6-10-20(17)24)21(25)23-13-12-19(15-23)27(26)22-18-8-3-2-4-9-18/h2-11,14,16,19,22H,12-13,15H2,1H3. The van der Waals surface area contributed by atoms with Gasteiger partial charge in [-0.25, -0.2) is 4.21 Å². The van der Waals surface area contributed by atoms with Gasteiger partial charge in [-0.1, -0.05) is 36.4 Å². The molecule has 1 fully saturated rings. The lowest BCUT2D eigenvalue weighted by atomic mass is 10.2. The Bertz CT molecular complexity index is 970. The minimum atomic E-state index is -1.21. The van der Waals surface area contributed by atoms with Crippen molar-refractivity contribution in [1.82, 2.24) is 9.47 Å². The topological polar surface area (TPSA) is 54.3 Å². The third kappa shape index (κ3) is 3.62. The molecule has 1 amide bonds. The molecular formula is C21H23N3O2S. The molecule has 27 heavy (non-hydrogen) atoms. The Morgan fingerprint density at radius 3 is 2.67 bits per heavy atom. The van der Waals surface area contributed by atoms with Crippen LogP contribution < -0.4 is 4.72 Å². The summed E-state index contributed by atoms with van der Waals surface area (Å²) in [6, 6.07) is 19.4. The monoisotopic (exact) mass is 381 g/mol. The average molecular weight is 382 g/mol. The number of amides is 1. The molecule has 1 aliphatic rings. The quantitative estimate of drug-likeness (QED) is 0.734. The Kier molecular flexibility index (Phi) is 4.99. The maximum absolute atomic E-state index is 13.0. The average Bonchev–Trinajstić information content (AvgIpc) is 3.35. The number of carbonyl (C=O) groups excluding carboxylic acids is 1. The van der Waals surface area contributed by atoms with Gasteiger partial charge in [0.05, 0.1) is 5.25 Å². The number of nitrogens with one attached hydrogen (secondary N) is 1. The molecule has 4 rings (SSSR count). The number of rotatable bonds is 5. The summed E-state index contributed by atoms with van der Waals surface area (Å²) in [7, 11) is -1.21.